The zero-order valence-corrected chi connectivity index (χ0v) is 13.8. The van der Waals surface area contributed by atoms with Crippen LogP contribution in [-0.2, 0) is 6.54 Å². The lowest BCUT2D eigenvalue weighted by molar-refractivity contribution is 0.136. The van der Waals surface area contributed by atoms with Crippen LogP contribution in [0.1, 0.15) is 25.8 Å². The van der Waals surface area contributed by atoms with E-state index in [1.54, 1.807) is 10.9 Å². The second-order valence-electron chi connectivity index (χ2n) is 6.55. The molecule has 4 nitrogen and oxygen atoms in total. The third-order valence-electron chi connectivity index (χ3n) is 4.33. The van der Waals surface area contributed by atoms with Crippen LogP contribution in [0.2, 0.25) is 0 Å². The first-order valence-corrected chi connectivity index (χ1v) is 8.58. The van der Waals surface area contributed by atoms with Gasteiger partial charge in [0.1, 0.15) is 4.70 Å². The summed E-state index contributed by atoms with van der Waals surface area (Å²) in [6, 6.07) is 0. The third kappa shape index (κ3) is 3.04. The predicted octanol–water partition coefficient (Wildman–Crippen LogP) is 2.74. The predicted molar refractivity (Wildman–Crippen MR) is 88.0 cm³/mol. The van der Waals surface area contributed by atoms with E-state index in [2.05, 4.69) is 23.7 Å². The van der Waals surface area contributed by atoms with Crippen LogP contribution in [-0.4, -0.2) is 34.1 Å². The molecular weight excluding hydrogens is 282 g/mol. The van der Waals surface area contributed by atoms with E-state index < -0.39 is 0 Å². The van der Waals surface area contributed by atoms with Crippen molar-refractivity contribution in [2.75, 3.05) is 19.6 Å². The van der Waals surface area contributed by atoms with Crippen molar-refractivity contribution in [2.24, 2.45) is 11.8 Å². The molecule has 21 heavy (non-hydrogen) atoms. The highest BCUT2D eigenvalue weighted by atomic mass is 32.1. The number of aromatic nitrogens is 2. The van der Waals surface area contributed by atoms with Crippen LogP contribution in [0.5, 0.6) is 0 Å². The average Bonchev–Trinajstić information content (AvgIpc) is 2.79. The van der Waals surface area contributed by atoms with E-state index in [9.17, 15) is 4.79 Å². The van der Waals surface area contributed by atoms with Crippen molar-refractivity contribution in [2.45, 2.75) is 33.7 Å². The number of rotatable bonds is 3. The van der Waals surface area contributed by atoms with Gasteiger partial charge in [-0.05, 0) is 36.1 Å². The number of likely N-dealkylation sites (tertiary alicyclic amines) is 1. The van der Waals surface area contributed by atoms with Crippen LogP contribution in [0.4, 0.5) is 0 Å². The van der Waals surface area contributed by atoms with E-state index in [4.69, 9.17) is 0 Å². The number of fused-ring (bicyclic) bond motifs is 1. The molecule has 0 aliphatic carbocycles. The minimum Gasteiger partial charge on any atom is -0.301 e. The monoisotopic (exact) mass is 305 g/mol. The Morgan fingerprint density at radius 1 is 1.29 bits per heavy atom. The molecule has 2 aromatic heterocycles. The first-order chi connectivity index (χ1) is 10.0. The van der Waals surface area contributed by atoms with Gasteiger partial charge in [0.25, 0.3) is 5.56 Å². The summed E-state index contributed by atoms with van der Waals surface area (Å²) < 4.78 is 2.55. The second kappa shape index (κ2) is 5.89. The van der Waals surface area contributed by atoms with Crippen molar-refractivity contribution in [3.63, 3.8) is 0 Å². The molecular formula is C16H23N3OS. The SMILES string of the molecule is Cc1csc2c(=O)n(CCN3C[C@@H](C)C[C@H](C)C3)cnc12. The van der Waals surface area contributed by atoms with Gasteiger partial charge in [-0.3, -0.25) is 9.36 Å². The zero-order chi connectivity index (χ0) is 15.0. The fourth-order valence-corrected chi connectivity index (χ4v) is 4.39. The van der Waals surface area contributed by atoms with Crippen molar-refractivity contribution in [1.82, 2.24) is 14.5 Å². The van der Waals surface area contributed by atoms with E-state index >= 15 is 0 Å². The Labute approximate surface area is 129 Å². The fourth-order valence-electron chi connectivity index (χ4n) is 3.44. The van der Waals surface area contributed by atoms with E-state index in [1.165, 1.54) is 17.8 Å². The number of thiophene rings is 1. The summed E-state index contributed by atoms with van der Waals surface area (Å²) >= 11 is 1.51. The topological polar surface area (TPSA) is 38.1 Å². The molecule has 0 bridgehead atoms. The summed E-state index contributed by atoms with van der Waals surface area (Å²) in [7, 11) is 0. The van der Waals surface area contributed by atoms with Crippen LogP contribution in [0, 0.1) is 18.8 Å². The normalized spacial score (nSPS) is 23.8. The summed E-state index contributed by atoms with van der Waals surface area (Å²) in [5.41, 5.74) is 2.07. The Morgan fingerprint density at radius 3 is 2.71 bits per heavy atom. The lowest BCUT2D eigenvalue weighted by Gasteiger charge is -2.34. The summed E-state index contributed by atoms with van der Waals surface area (Å²) in [4.78, 5) is 19.4. The highest BCUT2D eigenvalue weighted by Crippen LogP contribution is 2.21. The van der Waals surface area contributed by atoms with Crippen LogP contribution >= 0.6 is 11.3 Å². The maximum Gasteiger partial charge on any atom is 0.271 e. The molecule has 0 aromatic carbocycles. The molecule has 0 radical (unpaired) electrons. The fraction of sp³-hybridized carbons (Fsp3) is 0.625. The van der Waals surface area contributed by atoms with Crippen molar-refractivity contribution >= 4 is 21.6 Å². The van der Waals surface area contributed by atoms with Crippen LogP contribution < -0.4 is 5.56 Å². The van der Waals surface area contributed by atoms with Gasteiger partial charge in [0.15, 0.2) is 0 Å². The number of hydrogen-bond donors (Lipinski definition) is 0. The molecule has 0 unspecified atom stereocenters. The van der Waals surface area contributed by atoms with Gasteiger partial charge in [-0.1, -0.05) is 13.8 Å². The quantitative estimate of drug-likeness (QED) is 0.875. The molecule has 0 amide bonds. The number of hydrogen-bond acceptors (Lipinski definition) is 4. The second-order valence-corrected chi connectivity index (χ2v) is 7.42. The van der Waals surface area contributed by atoms with Gasteiger partial charge in [-0.15, -0.1) is 11.3 Å². The maximum atomic E-state index is 12.5. The summed E-state index contributed by atoms with van der Waals surface area (Å²) in [5, 5.41) is 2.01. The van der Waals surface area contributed by atoms with E-state index in [0.717, 1.165) is 53.8 Å². The molecule has 3 heterocycles. The Morgan fingerprint density at radius 2 is 2.00 bits per heavy atom. The van der Waals surface area contributed by atoms with Gasteiger partial charge in [0.2, 0.25) is 0 Å². The molecule has 1 aliphatic rings. The summed E-state index contributed by atoms with van der Waals surface area (Å²) in [6.45, 7) is 10.6. The molecule has 1 aliphatic heterocycles. The lowest BCUT2D eigenvalue weighted by Crippen LogP contribution is -2.41. The van der Waals surface area contributed by atoms with Crippen LogP contribution in [0.15, 0.2) is 16.5 Å². The van der Waals surface area contributed by atoms with Crippen LogP contribution in [0.25, 0.3) is 10.2 Å². The van der Waals surface area contributed by atoms with Crippen molar-refractivity contribution in [3.8, 4) is 0 Å². The zero-order valence-electron chi connectivity index (χ0n) is 13.0. The molecule has 1 fully saturated rings. The third-order valence-corrected chi connectivity index (χ3v) is 5.40. The van der Waals surface area contributed by atoms with Crippen molar-refractivity contribution in [1.29, 1.82) is 0 Å². The number of aryl methyl sites for hydroxylation is 1. The first-order valence-electron chi connectivity index (χ1n) is 7.70. The van der Waals surface area contributed by atoms with Crippen molar-refractivity contribution in [3.05, 3.63) is 27.6 Å². The van der Waals surface area contributed by atoms with E-state index in [1.807, 2.05) is 12.3 Å². The Balaban J connectivity index is 1.73. The molecule has 1 saturated heterocycles. The molecule has 2 aromatic rings. The summed E-state index contributed by atoms with van der Waals surface area (Å²) in [5.74, 6) is 1.51. The molecule has 2 atom stereocenters. The van der Waals surface area contributed by atoms with Crippen LogP contribution in [0.3, 0.4) is 0 Å². The van der Waals surface area contributed by atoms with Gasteiger partial charge >= 0.3 is 0 Å². The molecule has 0 N–H and O–H groups in total. The first kappa shape index (κ1) is 14.7. The molecule has 0 spiro atoms. The number of piperidine rings is 1. The van der Waals surface area contributed by atoms with Crippen molar-refractivity contribution < 1.29 is 0 Å². The van der Waals surface area contributed by atoms with E-state index in [-0.39, 0.29) is 5.56 Å². The highest BCUT2D eigenvalue weighted by Gasteiger charge is 2.21. The smallest absolute Gasteiger partial charge is 0.271 e. The molecule has 0 saturated carbocycles. The van der Waals surface area contributed by atoms with Gasteiger partial charge in [-0.2, -0.15) is 0 Å². The maximum absolute atomic E-state index is 12.5. The van der Waals surface area contributed by atoms with Gasteiger partial charge in [0.05, 0.1) is 11.8 Å². The highest BCUT2D eigenvalue weighted by molar-refractivity contribution is 7.17. The molecule has 3 rings (SSSR count). The molecule has 5 heteroatoms. The minimum absolute atomic E-state index is 0.108. The van der Waals surface area contributed by atoms with E-state index in [0.29, 0.717) is 0 Å². The largest absolute Gasteiger partial charge is 0.301 e. The Bertz CT molecular complexity index is 680. The van der Waals surface area contributed by atoms with Gasteiger partial charge in [-0.25, -0.2) is 4.98 Å². The summed E-state index contributed by atoms with van der Waals surface area (Å²) in [6.07, 6.45) is 3.03. The standard InChI is InChI=1S/C16H23N3OS/c1-11-6-12(2)8-18(7-11)4-5-19-10-17-14-13(3)9-21-15(14)16(19)20/h9-12H,4-8H2,1-3H3/t11-,12-/m0/s1. The average molecular weight is 305 g/mol. The molecule has 114 valence electrons. The number of nitrogens with zero attached hydrogens (tertiary/aromatic N) is 3. The van der Waals surface area contributed by atoms with Gasteiger partial charge in [0, 0.05) is 26.2 Å². The Hall–Kier alpha value is -1.20. The Kier molecular flexibility index (Phi) is 4.13. The minimum atomic E-state index is 0.108. The van der Waals surface area contributed by atoms with Gasteiger partial charge < -0.3 is 4.90 Å². The lowest BCUT2D eigenvalue weighted by atomic mass is 9.92.